The van der Waals surface area contributed by atoms with Crippen molar-refractivity contribution in [3.63, 3.8) is 0 Å². The summed E-state index contributed by atoms with van der Waals surface area (Å²) in [6.07, 6.45) is 0. The zero-order chi connectivity index (χ0) is 17.7. The van der Waals surface area contributed by atoms with Crippen LogP contribution in [-0.2, 0) is 10.2 Å². The van der Waals surface area contributed by atoms with E-state index in [0.29, 0.717) is 5.02 Å². The SMILES string of the molecule is CC(C)NS(=O)(=O)NCC(c1ccccc1Cl)N1CCN(C)CC1. The minimum Gasteiger partial charge on any atom is -0.304 e. The van der Waals surface area contributed by atoms with Gasteiger partial charge in [0.15, 0.2) is 0 Å². The van der Waals surface area contributed by atoms with Crippen LogP contribution in [0.2, 0.25) is 5.02 Å². The third kappa shape index (κ3) is 5.68. The predicted octanol–water partition coefficient (Wildman–Crippen LogP) is 1.46. The zero-order valence-electron chi connectivity index (χ0n) is 14.5. The van der Waals surface area contributed by atoms with E-state index in [4.69, 9.17) is 11.6 Å². The number of piperazine rings is 1. The predicted molar refractivity (Wildman–Crippen MR) is 98.5 cm³/mol. The summed E-state index contributed by atoms with van der Waals surface area (Å²) in [5, 5.41) is 0.664. The van der Waals surface area contributed by atoms with Gasteiger partial charge in [0.2, 0.25) is 0 Å². The second-order valence-electron chi connectivity index (χ2n) is 6.50. The highest BCUT2D eigenvalue weighted by Gasteiger charge is 2.26. The summed E-state index contributed by atoms with van der Waals surface area (Å²) in [6, 6.07) is 7.40. The molecule has 0 bridgehead atoms. The Bertz CT molecular complexity index is 631. The molecule has 1 aliphatic rings. The van der Waals surface area contributed by atoms with E-state index in [2.05, 4.69) is 26.3 Å². The lowest BCUT2D eigenvalue weighted by molar-refractivity contribution is 0.113. The van der Waals surface area contributed by atoms with Crippen LogP contribution in [0.25, 0.3) is 0 Å². The van der Waals surface area contributed by atoms with Gasteiger partial charge in [-0.1, -0.05) is 29.8 Å². The summed E-state index contributed by atoms with van der Waals surface area (Å²) in [5.74, 6) is 0. The van der Waals surface area contributed by atoms with Gasteiger partial charge in [0.1, 0.15) is 0 Å². The first-order valence-corrected chi connectivity index (χ1v) is 10.1. The van der Waals surface area contributed by atoms with E-state index in [1.54, 1.807) is 13.8 Å². The van der Waals surface area contributed by atoms with E-state index in [9.17, 15) is 8.42 Å². The lowest BCUT2D eigenvalue weighted by Gasteiger charge is -2.38. The fourth-order valence-corrected chi connectivity index (χ4v) is 4.20. The Labute approximate surface area is 150 Å². The molecule has 136 valence electrons. The molecule has 8 heteroatoms. The number of halogens is 1. The molecule has 1 aromatic carbocycles. The molecule has 0 amide bonds. The highest BCUT2D eigenvalue weighted by atomic mass is 35.5. The van der Waals surface area contributed by atoms with Crippen LogP contribution < -0.4 is 9.44 Å². The van der Waals surface area contributed by atoms with Gasteiger partial charge in [-0.05, 0) is 32.5 Å². The fourth-order valence-electron chi connectivity index (χ4n) is 2.86. The van der Waals surface area contributed by atoms with Crippen LogP contribution >= 0.6 is 11.6 Å². The van der Waals surface area contributed by atoms with Crippen molar-refractivity contribution in [1.29, 1.82) is 0 Å². The van der Waals surface area contributed by atoms with E-state index in [-0.39, 0.29) is 18.6 Å². The van der Waals surface area contributed by atoms with Gasteiger partial charge in [0.05, 0.1) is 0 Å². The van der Waals surface area contributed by atoms with Gasteiger partial charge in [-0.3, -0.25) is 4.90 Å². The van der Waals surface area contributed by atoms with Crippen molar-refractivity contribution in [2.24, 2.45) is 0 Å². The van der Waals surface area contributed by atoms with Gasteiger partial charge in [0.25, 0.3) is 10.2 Å². The molecule has 0 aliphatic carbocycles. The van der Waals surface area contributed by atoms with Crippen molar-refractivity contribution in [2.45, 2.75) is 25.9 Å². The van der Waals surface area contributed by atoms with Crippen LogP contribution in [0.15, 0.2) is 24.3 Å². The standard InChI is InChI=1S/C16H27ClN4O2S/c1-13(2)19-24(22,23)18-12-16(14-6-4-5-7-15(14)17)21-10-8-20(3)9-11-21/h4-7,13,16,18-19H,8-12H2,1-3H3. The summed E-state index contributed by atoms with van der Waals surface area (Å²) in [6.45, 7) is 7.55. The fraction of sp³-hybridized carbons (Fsp3) is 0.625. The maximum absolute atomic E-state index is 12.1. The van der Waals surface area contributed by atoms with E-state index < -0.39 is 10.2 Å². The van der Waals surface area contributed by atoms with Crippen LogP contribution in [0.5, 0.6) is 0 Å². The molecule has 1 heterocycles. The summed E-state index contributed by atoms with van der Waals surface area (Å²) in [4.78, 5) is 4.56. The molecule has 1 saturated heterocycles. The average molecular weight is 375 g/mol. The van der Waals surface area contributed by atoms with Gasteiger partial charge in [-0.25, -0.2) is 4.72 Å². The van der Waals surface area contributed by atoms with Crippen molar-refractivity contribution in [3.8, 4) is 0 Å². The quantitative estimate of drug-likeness (QED) is 0.758. The van der Waals surface area contributed by atoms with Crippen molar-refractivity contribution in [3.05, 3.63) is 34.9 Å². The third-order valence-corrected chi connectivity index (χ3v) is 5.77. The molecule has 0 aromatic heterocycles. The second kappa shape index (κ2) is 8.60. The number of nitrogens with one attached hydrogen (secondary N) is 2. The topological polar surface area (TPSA) is 64.7 Å². The lowest BCUT2D eigenvalue weighted by atomic mass is 10.0. The summed E-state index contributed by atoms with van der Waals surface area (Å²) in [5.41, 5.74) is 0.955. The summed E-state index contributed by atoms with van der Waals surface area (Å²) in [7, 11) is -1.43. The Morgan fingerprint density at radius 3 is 2.38 bits per heavy atom. The van der Waals surface area contributed by atoms with Crippen LogP contribution in [0.3, 0.4) is 0 Å². The molecular weight excluding hydrogens is 348 g/mol. The molecule has 1 unspecified atom stereocenters. The number of hydrogen-bond acceptors (Lipinski definition) is 4. The van der Waals surface area contributed by atoms with Gasteiger partial charge in [0, 0.05) is 49.8 Å². The van der Waals surface area contributed by atoms with E-state index >= 15 is 0 Å². The third-order valence-electron chi connectivity index (χ3n) is 4.10. The Morgan fingerprint density at radius 1 is 1.17 bits per heavy atom. The van der Waals surface area contributed by atoms with E-state index in [1.165, 1.54) is 0 Å². The molecular formula is C16H27ClN4O2S. The number of likely N-dealkylation sites (N-methyl/N-ethyl adjacent to an activating group) is 1. The van der Waals surface area contributed by atoms with Crippen molar-refractivity contribution in [1.82, 2.24) is 19.2 Å². The minimum atomic E-state index is -3.53. The van der Waals surface area contributed by atoms with Crippen LogP contribution in [0.4, 0.5) is 0 Å². The van der Waals surface area contributed by atoms with E-state index in [1.807, 2.05) is 24.3 Å². The molecule has 0 saturated carbocycles. The first-order chi connectivity index (χ1) is 11.3. The zero-order valence-corrected chi connectivity index (χ0v) is 16.1. The number of hydrogen-bond donors (Lipinski definition) is 2. The minimum absolute atomic E-state index is 0.0869. The Hall–Kier alpha value is -0.700. The largest absolute Gasteiger partial charge is 0.304 e. The molecule has 0 radical (unpaired) electrons. The Balaban J connectivity index is 2.16. The van der Waals surface area contributed by atoms with Crippen LogP contribution in [0, 0.1) is 0 Å². The average Bonchev–Trinajstić information content (AvgIpc) is 2.49. The molecule has 0 spiro atoms. The van der Waals surface area contributed by atoms with Crippen LogP contribution in [0.1, 0.15) is 25.5 Å². The highest BCUT2D eigenvalue weighted by molar-refractivity contribution is 7.87. The second-order valence-corrected chi connectivity index (χ2v) is 8.44. The summed E-state index contributed by atoms with van der Waals surface area (Å²) >= 11 is 6.37. The first kappa shape index (κ1) is 19.6. The number of benzene rings is 1. The van der Waals surface area contributed by atoms with Crippen molar-refractivity contribution >= 4 is 21.8 Å². The van der Waals surface area contributed by atoms with Gasteiger partial charge >= 0.3 is 0 Å². The van der Waals surface area contributed by atoms with E-state index in [0.717, 1.165) is 31.7 Å². The van der Waals surface area contributed by atoms with Crippen molar-refractivity contribution in [2.75, 3.05) is 39.8 Å². The number of rotatable bonds is 7. The maximum atomic E-state index is 12.1. The first-order valence-electron chi connectivity index (χ1n) is 8.22. The molecule has 1 aromatic rings. The molecule has 6 nitrogen and oxygen atoms in total. The molecule has 1 atom stereocenters. The maximum Gasteiger partial charge on any atom is 0.277 e. The van der Waals surface area contributed by atoms with Gasteiger partial charge < -0.3 is 4.90 Å². The number of nitrogens with zero attached hydrogens (tertiary/aromatic N) is 2. The summed E-state index contributed by atoms with van der Waals surface area (Å²) < 4.78 is 29.5. The molecule has 1 fully saturated rings. The van der Waals surface area contributed by atoms with Crippen LogP contribution in [-0.4, -0.2) is 64.0 Å². The molecule has 2 N–H and O–H groups in total. The Morgan fingerprint density at radius 2 is 1.79 bits per heavy atom. The van der Waals surface area contributed by atoms with Crippen molar-refractivity contribution < 1.29 is 8.42 Å². The smallest absolute Gasteiger partial charge is 0.277 e. The van der Waals surface area contributed by atoms with Gasteiger partial charge in [-0.15, -0.1) is 0 Å². The van der Waals surface area contributed by atoms with Gasteiger partial charge in [-0.2, -0.15) is 13.1 Å². The lowest BCUT2D eigenvalue weighted by Crippen LogP contribution is -2.50. The highest BCUT2D eigenvalue weighted by Crippen LogP contribution is 2.28. The monoisotopic (exact) mass is 374 g/mol. The molecule has 1 aliphatic heterocycles. The Kier molecular flexibility index (Phi) is 7.03. The normalized spacial score (nSPS) is 18.9. The molecule has 24 heavy (non-hydrogen) atoms. The molecule has 2 rings (SSSR count).